The van der Waals surface area contributed by atoms with Crippen LogP contribution in [0, 0.1) is 0 Å². The van der Waals surface area contributed by atoms with Gasteiger partial charge < -0.3 is 5.32 Å². The summed E-state index contributed by atoms with van der Waals surface area (Å²) in [5.74, 6) is 0.0583. The van der Waals surface area contributed by atoms with E-state index in [9.17, 15) is 26.4 Å². The molecule has 2 heterocycles. The smallest absolute Gasteiger partial charge is 0.325 e. The summed E-state index contributed by atoms with van der Waals surface area (Å²) in [4.78, 5) is 16.6. The van der Waals surface area contributed by atoms with E-state index in [0.29, 0.717) is 32.6 Å². The summed E-state index contributed by atoms with van der Waals surface area (Å²) in [5.41, 5.74) is -0.695. The molecule has 0 radical (unpaired) electrons. The zero-order chi connectivity index (χ0) is 20.5. The Morgan fingerprint density at radius 2 is 1.89 bits per heavy atom. The minimum Gasteiger partial charge on any atom is -0.325 e. The first-order chi connectivity index (χ1) is 13.0. The second-order valence-corrected chi connectivity index (χ2v) is 9.60. The maximum absolute atomic E-state index is 12.8. The first-order valence-corrected chi connectivity index (χ1v) is 11.0. The number of benzene rings is 1. The van der Waals surface area contributed by atoms with Crippen molar-refractivity contribution in [1.82, 2.24) is 9.80 Å². The topological polar surface area (TPSA) is 69.7 Å². The van der Waals surface area contributed by atoms with Gasteiger partial charge in [0.1, 0.15) is 0 Å². The molecule has 28 heavy (non-hydrogen) atoms. The third-order valence-corrected chi connectivity index (χ3v) is 7.21. The Morgan fingerprint density at radius 1 is 1.21 bits per heavy atom. The fourth-order valence-corrected chi connectivity index (χ4v) is 5.50. The number of nitrogens with one attached hydrogen (secondary N) is 1. The van der Waals surface area contributed by atoms with E-state index in [2.05, 4.69) is 10.2 Å². The van der Waals surface area contributed by atoms with E-state index in [-0.39, 0.29) is 29.1 Å². The van der Waals surface area contributed by atoms with Crippen molar-refractivity contribution in [2.24, 2.45) is 0 Å². The SMILES string of the molecule is C[C@@H](C(=O)Nc1cccc(C(F)(F)F)c1)N1CCN([C@H]2CCS(=O)(=O)C2)CC1. The summed E-state index contributed by atoms with van der Waals surface area (Å²) in [6, 6.07) is 4.12. The highest BCUT2D eigenvalue weighted by Crippen LogP contribution is 2.30. The van der Waals surface area contributed by atoms with Crippen LogP contribution in [0.4, 0.5) is 18.9 Å². The molecule has 2 fully saturated rings. The van der Waals surface area contributed by atoms with Gasteiger partial charge in [0, 0.05) is 37.9 Å². The number of halogens is 3. The van der Waals surface area contributed by atoms with Crippen molar-refractivity contribution in [2.45, 2.75) is 31.6 Å². The number of nitrogens with zero attached hydrogens (tertiary/aromatic N) is 2. The third kappa shape index (κ3) is 5.03. The van der Waals surface area contributed by atoms with Gasteiger partial charge in [0.25, 0.3) is 0 Å². The standard InChI is InChI=1S/C18H24F3N3O3S/c1-13(17(25)22-15-4-2-3-14(11-15)18(19,20)21)23-6-8-24(9-7-23)16-5-10-28(26,27)12-16/h2-4,11,13,16H,5-10,12H2,1H3,(H,22,25)/t13-,16-/m0/s1. The predicted octanol–water partition coefficient (Wildman–Crippen LogP) is 1.84. The van der Waals surface area contributed by atoms with Crippen LogP contribution < -0.4 is 5.32 Å². The molecular weight excluding hydrogens is 395 g/mol. The number of carbonyl (C=O) groups excluding carboxylic acids is 1. The van der Waals surface area contributed by atoms with Crippen molar-refractivity contribution >= 4 is 21.4 Å². The van der Waals surface area contributed by atoms with Crippen LogP contribution in [-0.4, -0.2) is 73.9 Å². The maximum atomic E-state index is 12.8. The van der Waals surface area contributed by atoms with Crippen LogP contribution in [0.15, 0.2) is 24.3 Å². The average molecular weight is 419 g/mol. The highest BCUT2D eigenvalue weighted by molar-refractivity contribution is 7.91. The Bertz CT molecular complexity index is 821. The largest absolute Gasteiger partial charge is 0.416 e. The zero-order valence-corrected chi connectivity index (χ0v) is 16.4. The van der Waals surface area contributed by atoms with Crippen molar-refractivity contribution < 1.29 is 26.4 Å². The van der Waals surface area contributed by atoms with Crippen LogP contribution in [0.1, 0.15) is 18.9 Å². The molecule has 0 spiro atoms. The zero-order valence-electron chi connectivity index (χ0n) is 15.6. The lowest BCUT2D eigenvalue weighted by atomic mass is 10.1. The van der Waals surface area contributed by atoms with Gasteiger partial charge in [0.05, 0.1) is 23.1 Å². The Balaban J connectivity index is 1.54. The lowest BCUT2D eigenvalue weighted by molar-refractivity contribution is -0.137. The number of alkyl halides is 3. The molecule has 0 saturated carbocycles. The summed E-state index contributed by atoms with van der Waals surface area (Å²) in [7, 11) is -2.94. The van der Waals surface area contributed by atoms with Gasteiger partial charge in [-0.1, -0.05) is 6.07 Å². The predicted molar refractivity (Wildman–Crippen MR) is 99.7 cm³/mol. The summed E-state index contributed by atoms with van der Waals surface area (Å²) < 4.78 is 61.7. The number of hydrogen-bond donors (Lipinski definition) is 1. The minimum atomic E-state index is -4.46. The minimum absolute atomic E-state index is 0.0430. The second kappa shape index (κ2) is 8.00. The van der Waals surface area contributed by atoms with Crippen LogP contribution in [0.2, 0.25) is 0 Å². The number of piperazine rings is 1. The van der Waals surface area contributed by atoms with Crippen LogP contribution in [0.3, 0.4) is 0 Å². The number of hydrogen-bond acceptors (Lipinski definition) is 5. The van der Waals surface area contributed by atoms with E-state index in [1.165, 1.54) is 12.1 Å². The summed E-state index contributed by atoms with van der Waals surface area (Å²) in [5, 5.41) is 2.56. The molecule has 2 aliphatic rings. The van der Waals surface area contributed by atoms with E-state index < -0.39 is 27.6 Å². The van der Waals surface area contributed by atoms with Crippen molar-refractivity contribution in [3.05, 3.63) is 29.8 Å². The van der Waals surface area contributed by atoms with E-state index in [1.54, 1.807) is 6.92 Å². The van der Waals surface area contributed by atoms with Crippen LogP contribution in [0.5, 0.6) is 0 Å². The van der Waals surface area contributed by atoms with Gasteiger partial charge in [-0.05, 0) is 31.5 Å². The maximum Gasteiger partial charge on any atom is 0.416 e. The first-order valence-electron chi connectivity index (χ1n) is 9.22. The van der Waals surface area contributed by atoms with E-state index in [4.69, 9.17) is 0 Å². The highest BCUT2D eigenvalue weighted by Gasteiger charge is 2.35. The Kier molecular flexibility index (Phi) is 6.02. The molecule has 0 aromatic heterocycles. The van der Waals surface area contributed by atoms with Crippen LogP contribution in [0.25, 0.3) is 0 Å². The van der Waals surface area contributed by atoms with Crippen molar-refractivity contribution in [1.29, 1.82) is 0 Å². The van der Waals surface area contributed by atoms with Gasteiger partial charge in [-0.3, -0.25) is 14.6 Å². The van der Waals surface area contributed by atoms with Gasteiger partial charge in [-0.15, -0.1) is 0 Å². The number of anilines is 1. The molecule has 0 unspecified atom stereocenters. The molecule has 0 aliphatic carbocycles. The Morgan fingerprint density at radius 3 is 2.46 bits per heavy atom. The number of rotatable bonds is 4. The monoisotopic (exact) mass is 419 g/mol. The molecule has 0 bridgehead atoms. The summed E-state index contributed by atoms with van der Waals surface area (Å²) in [6.45, 7) is 4.27. The van der Waals surface area contributed by atoms with E-state index in [0.717, 1.165) is 12.1 Å². The highest BCUT2D eigenvalue weighted by atomic mass is 32.2. The van der Waals surface area contributed by atoms with E-state index in [1.807, 2.05) is 4.90 Å². The molecule has 2 atom stereocenters. The van der Waals surface area contributed by atoms with Crippen molar-refractivity contribution in [3.63, 3.8) is 0 Å². The number of carbonyl (C=O) groups is 1. The van der Waals surface area contributed by atoms with E-state index >= 15 is 0 Å². The number of amides is 1. The molecule has 156 valence electrons. The quantitative estimate of drug-likeness (QED) is 0.807. The van der Waals surface area contributed by atoms with Crippen molar-refractivity contribution in [2.75, 3.05) is 43.0 Å². The van der Waals surface area contributed by atoms with Crippen LogP contribution >= 0.6 is 0 Å². The number of sulfone groups is 1. The van der Waals surface area contributed by atoms with Gasteiger partial charge in [0.15, 0.2) is 9.84 Å². The molecule has 2 saturated heterocycles. The molecular formula is C18H24F3N3O3S. The fraction of sp³-hybridized carbons (Fsp3) is 0.611. The van der Waals surface area contributed by atoms with Gasteiger partial charge >= 0.3 is 6.18 Å². The van der Waals surface area contributed by atoms with Crippen LogP contribution in [-0.2, 0) is 20.8 Å². The molecule has 10 heteroatoms. The average Bonchev–Trinajstić information content (AvgIpc) is 3.00. The molecule has 2 aliphatic heterocycles. The Labute approximate surface area is 162 Å². The van der Waals surface area contributed by atoms with Gasteiger partial charge in [0.2, 0.25) is 5.91 Å². The molecule has 3 rings (SSSR count). The second-order valence-electron chi connectivity index (χ2n) is 7.37. The Hall–Kier alpha value is -1.65. The fourth-order valence-electron chi connectivity index (χ4n) is 3.74. The molecule has 1 N–H and O–H groups in total. The molecule has 1 amide bonds. The lowest BCUT2D eigenvalue weighted by Gasteiger charge is -2.39. The molecule has 1 aromatic rings. The van der Waals surface area contributed by atoms with Gasteiger partial charge in [-0.2, -0.15) is 13.2 Å². The van der Waals surface area contributed by atoms with Gasteiger partial charge in [-0.25, -0.2) is 8.42 Å². The summed E-state index contributed by atoms with van der Waals surface area (Å²) in [6.07, 6.45) is -3.82. The molecule has 1 aromatic carbocycles. The molecule has 6 nitrogen and oxygen atoms in total. The normalized spacial score (nSPS) is 24.8. The summed E-state index contributed by atoms with van der Waals surface area (Å²) >= 11 is 0. The van der Waals surface area contributed by atoms with Crippen molar-refractivity contribution in [3.8, 4) is 0 Å². The lowest BCUT2D eigenvalue weighted by Crippen LogP contribution is -2.55. The first kappa shape index (κ1) is 21.1. The third-order valence-electron chi connectivity index (χ3n) is 5.46.